The fourth-order valence-electron chi connectivity index (χ4n) is 2.77. The van der Waals surface area contributed by atoms with E-state index < -0.39 is 0 Å². The molecule has 2 aromatic carbocycles. The van der Waals surface area contributed by atoms with Crippen molar-refractivity contribution in [3.8, 4) is 17.2 Å². The van der Waals surface area contributed by atoms with Crippen molar-refractivity contribution in [3.05, 3.63) is 46.8 Å². The number of rotatable bonds is 7. The van der Waals surface area contributed by atoms with Gasteiger partial charge in [0, 0.05) is 30.0 Å². The molecule has 0 fully saturated rings. The van der Waals surface area contributed by atoms with Crippen molar-refractivity contribution in [3.63, 3.8) is 0 Å². The lowest BCUT2D eigenvalue weighted by Gasteiger charge is -2.09. The number of hydrogen-bond donors (Lipinski definition) is 0. The summed E-state index contributed by atoms with van der Waals surface area (Å²) in [7, 11) is 4.81. The van der Waals surface area contributed by atoms with Gasteiger partial charge in [0.15, 0.2) is 16.3 Å². The van der Waals surface area contributed by atoms with Crippen LogP contribution in [0.15, 0.2) is 41.4 Å². The molecular formula is C20H22N2O4S2. The SMILES string of the molecule is COc1ccc(C(=O)N=c2sc3cc(OC)c(OC)cc3n2CCSC)cc1. The van der Waals surface area contributed by atoms with E-state index >= 15 is 0 Å². The Balaban J connectivity index is 2.11. The van der Waals surface area contributed by atoms with Crippen molar-refractivity contribution in [2.75, 3.05) is 33.3 Å². The molecule has 6 nitrogen and oxygen atoms in total. The number of hydrogen-bond acceptors (Lipinski definition) is 6. The molecule has 1 aromatic heterocycles. The minimum absolute atomic E-state index is 0.286. The minimum Gasteiger partial charge on any atom is -0.497 e. The van der Waals surface area contributed by atoms with Gasteiger partial charge < -0.3 is 18.8 Å². The molecule has 0 saturated heterocycles. The molecule has 1 amide bonds. The minimum atomic E-state index is -0.286. The third kappa shape index (κ3) is 4.18. The van der Waals surface area contributed by atoms with E-state index in [1.807, 2.05) is 12.1 Å². The van der Waals surface area contributed by atoms with Gasteiger partial charge in [0.1, 0.15) is 5.75 Å². The first kappa shape index (κ1) is 20.3. The van der Waals surface area contributed by atoms with Crippen LogP contribution in [0.4, 0.5) is 0 Å². The van der Waals surface area contributed by atoms with Gasteiger partial charge in [0.05, 0.1) is 31.5 Å². The zero-order valence-corrected chi connectivity index (χ0v) is 17.9. The van der Waals surface area contributed by atoms with Gasteiger partial charge >= 0.3 is 0 Å². The van der Waals surface area contributed by atoms with Crippen molar-refractivity contribution < 1.29 is 19.0 Å². The molecule has 148 valence electrons. The molecule has 0 atom stereocenters. The topological polar surface area (TPSA) is 62.1 Å². The van der Waals surface area contributed by atoms with Gasteiger partial charge in [-0.25, -0.2) is 0 Å². The largest absolute Gasteiger partial charge is 0.497 e. The van der Waals surface area contributed by atoms with Crippen molar-refractivity contribution in [2.45, 2.75) is 6.54 Å². The first-order valence-electron chi connectivity index (χ1n) is 8.58. The molecule has 0 bridgehead atoms. The standard InChI is InChI=1S/C20H22N2O4S2/c1-24-14-7-5-13(6-8-14)19(23)21-20-22(9-10-27-4)15-11-16(25-2)17(26-3)12-18(15)28-20/h5-8,11-12H,9-10H2,1-4H3. The summed E-state index contributed by atoms with van der Waals surface area (Å²) in [5.74, 6) is 2.63. The second-order valence-electron chi connectivity index (χ2n) is 5.85. The molecule has 0 spiro atoms. The van der Waals surface area contributed by atoms with Gasteiger partial charge in [-0.1, -0.05) is 11.3 Å². The Bertz CT molecular complexity index is 1040. The number of aromatic nitrogens is 1. The normalized spacial score (nSPS) is 11.6. The second-order valence-corrected chi connectivity index (χ2v) is 7.84. The van der Waals surface area contributed by atoms with E-state index in [-0.39, 0.29) is 5.91 Å². The summed E-state index contributed by atoms with van der Waals surface area (Å²) in [6, 6.07) is 10.8. The van der Waals surface area contributed by atoms with Gasteiger partial charge in [-0.2, -0.15) is 16.8 Å². The second kappa shape index (κ2) is 9.16. The quantitative estimate of drug-likeness (QED) is 0.584. The average Bonchev–Trinajstić information content (AvgIpc) is 3.06. The van der Waals surface area contributed by atoms with Crippen LogP contribution in [-0.2, 0) is 6.54 Å². The number of carbonyl (C=O) groups is 1. The predicted octanol–water partition coefficient (Wildman–Crippen LogP) is 3.83. The van der Waals surface area contributed by atoms with Crippen LogP contribution in [0, 0.1) is 0 Å². The predicted molar refractivity (Wildman–Crippen MR) is 114 cm³/mol. The fraction of sp³-hybridized carbons (Fsp3) is 0.300. The number of carbonyl (C=O) groups excluding carboxylic acids is 1. The third-order valence-electron chi connectivity index (χ3n) is 4.24. The molecule has 0 N–H and O–H groups in total. The highest BCUT2D eigenvalue weighted by molar-refractivity contribution is 7.98. The van der Waals surface area contributed by atoms with Crippen LogP contribution in [-0.4, -0.2) is 43.8 Å². The smallest absolute Gasteiger partial charge is 0.279 e. The maximum absolute atomic E-state index is 12.7. The van der Waals surface area contributed by atoms with Crippen LogP contribution in [0.1, 0.15) is 10.4 Å². The lowest BCUT2D eigenvalue weighted by molar-refractivity contribution is 0.0998. The summed E-state index contributed by atoms with van der Waals surface area (Å²) < 4.78 is 19.0. The Hall–Kier alpha value is -2.45. The molecule has 0 saturated carbocycles. The fourth-order valence-corrected chi connectivity index (χ4v) is 4.20. The van der Waals surface area contributed by atoms with Gasteiger partial charge in [-0.3, -0.25) is 4.79 Å². The van der Waals surface area contributed by atoms with Crippen molar-refractivity contribution in [2.24, 2.45) is 4.99 Å². The maximum Gasteiger partial charge on any atom is 0.279 e. The average molecular weight is 419 g/mol. The molecule has 8 heteroatoms. The number of fused-ring (bicyclic) bond motifs is 1. The summed E-state index contributed by atoms with van der Waals surface area (Å²) >= 11 is 3.20. The number of thioether (sulfide) groups is 1. The van der Waals surface area contributed by atoms with E-state index in [0.29, 0.717) is 27.6 Å². The zero-order chi connectivity index (χ0) is 20.1. The van der Waals surface area contributed by atoms with Gasteiger partial charge in [-0.15, -0.1) is 0 Å². The Kier molecular flexibility index (Phi) is 6.64. The van der Waals surface area contributed by atoms with E-state index in [1.165, 1.54) is 11.3 Å². The number of nitrogens with zero attached hydrogens (tertiary/aromatic N) is 2. The molecule has 0 aliphatic rings. The van der Waals surface area contributed by atoms with Crippen LogP contribution >= 0.6 is 23.1 Å². The highest BCUT2D eigenvalue weighted by atomic mass is 32.2. The number of amides is 1. The Morgan fingerprint density at radius 1 is 1.07 bits per heavy atom. The van der Waals surface area contributed by atoms with E-state index in [4.69, 9.17) is 14.2 Å². The summed E-state index contributed by atoms with van der Waals surface area (Å²) in [4.78, 5) is 17.7. The number of methoxy groups -OCH3 is 3. The Morgan fingerprint density at radius 2 is 1.75 bits per heavy atom. The molecule has 0 radical (unpaired) electrons. The first-order chi connectivity index (χ1) is 13.6. The lowest BCUT2D eigenvalue weighted by atomic mass is 10.2. The number of ether oxygens (including phenoxy) is 3. The molecule has 3 aromatic rings. The zero-order valence-electron chi connectivity index (χ0n) is 16.2. The Labute approximate surface area is 171 Å². The third-order valence-corrected chi connectivity index (χ3v) is 5.87. The van der Waals surface area contributed by atoms with E-state index in [0.717, 1.165) is 22.5 Å². The molecule has 0 aliphatic heterocycles. The number of benzene rings is 2. The summed E-state index contributed by atoms with van der Waals surface area (Å²) in [6.07, 6.45) is 2.05. The van der Waals surface area contributed by atoms with Crippen LogP contribution in [0.25, 0.3) is 10.2 Å². The Morgan fingerprint density at radius 3 is 2.36 bits per heavy atom. The van der Waals surface area contributed by atoms with Crippen LogP contribution < -0.4 is 19.0 Å². The van der Waals surface area contributed by atoms with Gasteiger partial charge in [0.25, 0.3) is 5.91 Å². The monoisotopic (exact) mass is 418 g/mol. The van der Waals surface area contributed by atoms with Crippen molar-refractivity contribution in [1.82, 2.24) is 4.57 Å². The maximum atomic E-state index is 12.7. The van der Waals surface area contributed by atoms with Crippen LogP contribution in [0.3, 0.4) is 0 Å². The number of aryl methyl sites for hydroxylation is 1. The molecular weight excluding hydrogens is 396 g/mol. The lowest BCUT2D eigenvalue weighted by Crippen LogP contribution is -2.18. The molecule has 3 rings (SSSR count). The number of thiazole rings is 1. The molecule has 1 heterocycles. The highest BCUT2D eigenvalue weighted by Crippen LogP contribution is 2.33. The highest BCUT2D eigenvalue weighted by Gasteiger charge is 2.14. The first-order valence-corrected chi connectivity index (χ1v) is 10.8. The van der Waals surface area contributed by atoms with E-state index in [2.05, 4.69) is 15.8 Å². The summed E-state index contributed by atoms with van der Waals surface area (Å²) in [6.45, 7) is 0.741. The van der Waals surface area contributed by atoms with Crippen LogP contribution in [0.2, 0.25) is 0 Å². The molecule has 0 aliphatic carbocycles. The summed E-state index contributed by atoms with van der Waals surface area (Å²) in [5, 5.41) is 0. The molecule has 28 heavy (non-hydrogen) atoms. The summed E-state index contributed by atoms with van der Waals surface area (Å²) in [5.41, 5.74) is 1.49. The van der Waals surface area contributed by atoms with Crippen molar-refractivity contribution >= 4 is 39.2 Å². The van der Waals surface area contributed by atoms with E-state index in [9.17, 15) is 4.79 Å². The van der Waals surface area contributed by atoms with Gasteiger partial charge in [0.2, 0.25) is 0 Å². The van der Waals surface area contributed by atoms with Crippen LogP contribution in [0.5, 0.6) is 17.2 Å². The van der Waals surface area contributed by atoms with Crippen molar-refractivity contribution in [1.29, 1.82) is 0 Å². The molecule has 0 unspecified atom stereocenters. The van der Waals surface area contributed by atoms with Gasteiger partial charge in [-0.05, 0) is 30.5 Å². The van der Waals surface area contributed by atoms with E-state index in [1.54, 1.807) is 57.4 Å².